The van der Waals surface area contributed by atoms with Crippen molar-refractivity contribution in [3.8, 4) is 0 Å². The van der Waals surface area contributed by atoms with Crippen LogP contribution >= 0.6 is 7.26 Å². The third kappa shape index (κ3) is 6.21. The van der Waals surface area contributed by atoms with Crippen molar-refractivity contribution in [2.45, 2.75) is 6.92 Å². The molecule has 5 aromatic rings. The molecule has 0 bridgehead atoms. The highest BCUT2D eigenvalue weighted by molar-refractivity contribution is 8.03. The molecule has 5 aromatic carbocycles. The molecular weight excluding hydrogens is 561 g/mol. The predicted octanol–water partition coefficient (Wildman–Crippen LogP) is 3.35. The van der Waals surface area contributed by atoms with Gasteiger partial charge in [-0.2, -0.15) is 0 Å². The Labute approximate surface area is 253 Å². The van der Waals surface area contributed by atoms with Gasteiger partial charge in [-0.1, -0.05) is 103 Å². The van der Waals surface area contributed by atoms with E-state index in [-0.39, 0.29) is 30.6 Å². The lowest BCUT2D eigenvalue weighted by Crippen LogP contribution is -3.00. The highest BCUT2D eigenvalue weighted by Gasteiger charge is 2.53. The quantitative estimate of drug-likeness (QED) is 0.163. The van der Waals surface area contributed by atoms with E-state index in [1.54, 1.807) is 31.2 Å². The van der Waals surface area contributed by atoms with Gasteiger partial charge in [0.25, 0.3) is 5.91 Å². The fourth-order valence-electron chi connectivity index (χ4n) is 5.08. The molecule has 0 aliphatic carbocycles. The standard InChI is InChI=1S/C36H30NO3P.ClH/c1-2-40-36(39)33(37-35(38)29-20-10-4-11-21-29)34(28-18-8-3-9-19-28)41(30-22-12-5-13-23-30,31-24-14-6-15-25-31)32-26-16-7-17-27-32;/h3-27H,2H2,1H3;1H/b34-33+;. The molecule has 210 valence electrons. The number of carbonyl (C=O) groups is 2. The van der Waals surface area contributed by atoms with Gasteiger partial charge in [-0.3, -0.25) is 4.79 Å². The second-order valence-corrected chi connectivity index (χ2v) is 12.6. The molecule has 1 amide bonds. The van der Waals surface area contributed by atoms with Crippen molar-refractivity contribution in [3.05, 3.63) is 168 Å². The van der Waals surface area contributed by atoms with Crippen LogP contribution in [0.25, 0.3) is 5.31 Å². The third-order valence-corrected chi connectivity index (χ3v) is 11.2. The minimum Gasteiger partial charge on any atom is -1.00 e. The summed E-state index contributed by atoms with van der Waals surface area (Å²) in [4.78, 5) is 27.7. The highest BCUT2D eigenvalue weighted by atomic mass is 35.5. The van der Waals surface area contributed by atoms with Crippen molar-refractivity contribution in [1.82, 2.24) is 5.32 Å². The monoisotopic (exact) mass is 591 g/mol. The van der Waals surface area contributed by atoms with Crippen molar-refractivity contribution in [3.63, 3.8) is 0 Å². The lowest BCUT2D eigenvalue weighted by molar-refractivity contribution is -0.138. The van der Waals surface area contributed by atoms with E-state index in [0.29, 0.717) is 5.56 Å². The van der Waals surface area contributed by atoms with E-state index in [0.717, 1.165) is 26.8 Å². The smallest absolute Gasteiger partial charge is 0.359 e. The molecule has 0 saturated carbocycles. The van der Waals surface area contributed by atoms with Crippen LogP contribution in [0, 0.1) is 0 Å². The maximum absolute atomic E-state index is 14.0. The van der Waals surface area contributed by atoms with E-state index in [1.807, 2.05) is 91.0 Å². The summed E-state index contributed by atoms with van der Waals surface area (Å²) in [6.07, 6.45) is 0. The Balaban J connectivity index is 0.00000405. The van der Waals surface area contributed by atoms with Crippen molar-refractivity contribution in [2.24, 2.45) is 0 Å². The topological polar surface area (TPSA) is 55.4 Å². The van der Waals surface area contributed by atoms with Gasteiger partial charge in [-0.05, 0) is 55.5 Å². The molecule has 4 nitrogen and oxygen atoms in total. The molecule has 0 spiro atoms. The van der Waals surface area contributed by atoms with Crippen LogP contribution in [0.4, 0.5) is 0 Å². The Morgan fingerprint density at radius 1 is 0.571 bits per heavy atom. The second-order valence-electron chi connectivity index (χ2n) is 9.31. The van der Waals surface area contributed by atoms with E-state index in [1.165, 1.54) is 0 Å². The number of carbonyl (C=O) groups excluding carboxylic acids is 2. The Morgan fingerprint density at radius 3 is 1.31 bits per heavy atom. The van der Waals surface area contributed by atoms with Crippen LogP contribution in [0.5, 0.6) is 0 Å². The van der Waals surface area contributed by atoms with Crippen molar-refractivity contribution in [1.29, 1.82) is 0 Å². The maximum atomic E-state index is 14.0. The van der Waals surface area contributed by atoms with Gasteiger partial charge >= 0.3 is 5.97 Å². The highest BCUT2D eigenvalue weighted by Crippen LogP contribution is 2.67. The summed E-state index contributed by atoms with van der Waals surface area (Å²) in [7, 11) is -2.80. The SMILES string of the molecule is CCOC(=O)/C(NC(=O)c1ccccc1)=C(/c1ccccc1)[P+](c1ccccc1)(c1ccccc1)c1ccccc1.[Cl-]. The van der Waals surface area contributed by atoms with E-state index >= 15 is 0 Å². The molecule has 0 unspecified atom stereocenters. The number of ether oxygens (including phenoxy) is 1. The summed E-state index contributed by atoms with van der Waals surface area (Å²) in [5, 5.41) is 6.90. The van der Waals surface area contributed by atoms with Gasteiger partial charge in [-0.15, -0.1) is 0 Å². The number of halogens is 1. The zero-order chi connectivity index (χ0) is 28.5. The van der Waals surface area contributed by atoms with Crippen molar-refractivity contribution < 1.29 is 26.7 Å². The summed E-state index contributed by atoms with van der Waals surface area (Å²) in [5.74, 6) is -0.961. The molecule has 0 atom stereocenters. The number of amides is 1. The van der Waals surface area contributed by atoms with Gasteiger partial charge in [-0.25, -0.2) is 4.79 Å². The fraction of sp³-hybridized carbons (Fsp3) is 0.0556. The van der Waals surface area contributed by atoms with Crippen LogP contribution in [-0.4, -0.2) is 18.5 Å². The number of esters is 1. The Hall–Kier alpha value is -4.50. The van der Waals surface area contributed by atoms with Crippen LogP contribution in [-0.2, 0) is 9.53 Å². The molecule has 0 aliphatic heterocycles. The Morgan fingerprint density at radius 2 is 0.929 bits per heavy atom. The average molecular weight is 592 g/mol. The molecule has 0 aromatic heterocycles. The van der Waals surface area contributed by atoms with E-state index in [9.17, 15) is 9.59 Å². The summed E-state index contributed by atoms with van der Waals surface area (Å²) >= 11 is 0. The van der Waals surface area contributed by atoms with Crippen LogP contribution in [0.1, 0.15) is 22.8 Å². The maximum Gasteiger partial charge on any atom is 0.359 e. The summed E-state index contributed by atoms with van der Waals surface area (Å²) in [6.45, 7) is 1.93. The van der Waals surface area contributed by atoms with Gasteiger partial charge in [0.15, 0.2) is 5.70 Å². The summed E-state index contributed by atoms with van der Waals surface area (Å²) < 4.78 is 5.65. The predicted molar refractivity (Wildman–Crippen MR) is 169 cm³/mol. The van der Waals surface area contributed by atoms with E-state index < -0.39 is 13.2 Å². The normalized spacial score (nSPS) is 11.5. The first-order chi connectivity index (χ1) is 20.2. The first-order valence-corrected chi connectivity index (χ1v) is 15.3. The minimum atomic E-state index is -2.80. The Kier molecular flexibility index (Phi) is 10.4. The van der Waals surface area contributed by atoms with Crippen molar-refractivity contribution >= 4 is 40.4 Å². The largest absolute Gasteiger partial charge is 1.00 e. The molecule has 6 heteroatoms. The van der Waals surface area contributed by atoms with E-state index in [4.69, 9.17) is 4.74 Å². The number of benzene rings is 5. The molecule has 0 saturated heterocycles. The van der Waals surface area contributed by atoms with Crippen LogP contribution in [0.3, 0.4) is 0 Å². The van der Waals surface area contributed by atoms with Gasteiger partial charge in [0.2, 0.25) is 0 Å². The lowest BCUT2D eigenvalue weighted by Gasteiger charge is -2.31. The van der Waals surface area contributed by atoms with Crippen LogP contribution in [0.2, 0.25) is 0 Å². The number of rotatable bonds is 9. The van der Waals surface area contributed by atoms with Crippen LogP contribution < -0.4 is 33.6 Å². The molecule has 0 aliphatic rings. The zero-order valence-corrected chi connectivity index (χ0v) is 24.8. The average Bonchev–Trinajstić information content (AvgIpc) is 3.05. The molecule has 0 radical (unpaired) electrons. The zero-order valence-electron chi connectivity index (χ0n) is 23.2. The molecule has 42 heavy (non-hydrogen) atoms. The van der Waals surface area contributed by atoms with Gasteiger partial charge < -0.3 is 22.5 Å². The van der Waals surface area contributed by atoms with Crippen LogP contribution in [0.15, 0.2) is 157 Å². The molecular formula is C36H31ClNO3P. The lowest BCUT2D eigenvalue weighted by atomic mass is 10.1. The molecule has 5 rings (SSSR count). The number of hydrogen-bond donors (Lipinski definition) is 1. The molecule has 0 fully saturated rings. The molecule has 0 heterocycles. The fourth-order valence-corrected chi connectivity index (χ4v) is 9.62. The van der Waals surface area contributed by atoms with Gasteiger partial charge in [0.1, 0.15) is 28.5 Å². The Bertz CT molecular complexity index is 1530. The van der Waals surface area contributed by atoms with Crippen molar-refractivity contribution in [2.75, 3.05) is 6.61 Å². The second kappa shape index (κ2) is 14.4. The number of nitrogens with one attached hydrogen (secondary N) is 1. The summed E-state index contributed by atoms with van der Waals surface area (Å²) in [5.41, 5.74) is 1.41. The number of hydrogen-bond acceptors (Lipinski definition) is 3. The first kappa shape index (κ1) is 30.5. The third-order valence-electron chi connectivity index (χ3n) is 6.80. The first-order valence-electron chi connectivity index (χ1n) is 13.6. The van der Waals surface area contributed by atoms with Gasteiger partial charge in [0, 0.05) is 11.1 Å². The van der Waals surface area contributed by atoms with E-state index in [2.05, 4.69) is 41.7 Å². The van der Waals surface area contributed by atoms with Gasteiger partial charge in [0.05, 0.1) is 6.61 Å². The minimum absolute atomic E-state index is 0. The molecule has 1 N–H and O–H groups in total. The summed E-state index contributed by atoms with van der Waals surface area (Å²) in [6, 6.07) is 49.5.